The van der Waals surface area contributed by atoms with Crippen LogP contribution in [0.2, 0.25) is 10.0 Å². The lowest BCUT2D eigenvalue weighted by atomic mass is 10.1. The molecule has 0 aliphatic carbocycles. The van der Waals surface area contributed by atoms with Gasteiger partial charge in [0.05, 0.1) is 12.3 Å². The largest absolute Gasteiger partial charge is 0.494 e. The minimum absolute atomic E-state index is 0.133. The van der Waals surface area contributed by atoms with Gasteiger partial charge in [-0.15, -0.1) is 0 Å². The Kier molecular flexibility index (Phi) is 8.15. The summed E-state index contributed by atoms with van der Waals surface area (Å²) < 4.78 is 19.5. The highest BCUT2D eigenvalue weighted by Gasteiger charge is 2.17. The van der Waals surface area contributed by atoms with Crippen LogP contribution in [0.15, 0.2) is 66.7 Å². The molecule has 3 aromatic rings. The smallest absolute Gasteiger partial charge is 0.322 e. The van der Waals surface area contributed by atoms with Gasteiger partial charge in [-0.05, 0) is 60.9 Å². The van der Waals surface area contributed by atoms with Crippen molar-refractivity contribution in [3.8, 4) is 5.75 Å². The van der Waals surface area contributed by atoms with E-state index < -0.39 is 11.8 Å². The van der Waals surface area contributed by atoms with Crippen LogP contribution in [0.1, 0.15) is 18.1 Å². The second-order valence-electron chi connectivity index (χ2n) is 6.89. The number of carbonyl (C=O) groups is 1. The molecule has 7 heteroatoms. The van der Waals surface area contributed by atoms with Crippen LogP contribution in [0.3, 0.4) is 0 Å². The molecule has 0 aromatic heterocycles. The average molecular weight is 461 g/mol. The fourth-order valence-electron chi connectivity index (χ4n) is 3.07. The van der Waals surface area contributed by atoms with Crippen molar-refractivity contribution in [1.82, 2.24) is 4.90 Å². The number of hydrogen-bond donors (Lipinski definition) is 1. The van der Waals surface area contributed by atoms with E-state index in [0.717, 1.165) is 16.9 Å². The van der Waals surface area contributed by atoms with Crippen LogP contribution in [0.4, 0.5) is 14.9 Å². The van der Waals surface area contributed by atoms with Gasteiger partial charge in [-0.25, -0.2) is 9.18 Å². The summed E-state index contributed by atoms with van der Waals surface area (Å²) >= 11 is 12.3. The first-order valence-corrected chi connectivity index (χ1v) is 10.7. The van der Waals surface area contributed by atoms with Crippen LogP contribution in [0, 0.1) is 5.82 Å². The van der Waals surface area contributed by atoms with E-state index in [1.54, 1.807) is 29.2 Å². The van der Waals surface area contributed by atoms with Crippen molar-refractivity contribution >= 4 is 34.9 Å². The Balaban J connectivity index is 1.76. The van der Waals surface area contributed by atoms with Crippen molar-refractivity contribution < 1.29 is 13.9 Å². The van der Waals surface area contributed by atoms with Crippen LogP contribution in [-0.4, -0.2) is 24.1 Å². The third kappa shape index (κ3) is 6.61. The number of nitrogens with zero attached hydrogens (tertiary/aromatic N) is 1. The number of urea groups is 1. The average Bonchev–Trinajstić information content (AvgIpc) is 2.75. The first-order valence-electron chi connectivity index (χ1n) is 9.92. The van der Waals surface area contributed by atoms with E-state index in [0.29, 0.717) is 36.2 Å². The fourth-order valence-corrected chi connectivity index (χ4v) is 3.57. The van der Waals surface area contributed by atoms with Gasteiger partial charge in [0.15, 0.2) is 0 Å². The predicted molar refractivity (Wildman–Crippen MR) is 124 cm³/mol. The highest BCUT2D eigenvalue weighted by molar-refractivity contribution is 6.35. The third-order valence-corrected chi connectivity index (χ3v) is 5.26. The standard InChI is InChI=1S/C24H23Cl2FN2O2/c1-2-31-20-11-7-17(8-12-20)16-29(14-13-18-9-10-19(25)15-21(18)26)24(30)28-23-6-4-3-5-22(23)27/h3-12,15H,2,13-14,16H2,1H3,(H,28,30). The molecule has 0 fully saturated rings. The molecular formula is C24H23Cl2FN2O2. The summed E-state index contributed by atoms with van der Waals surface area (Å²) in [5, 5.41) is 3.75. The Morgan fingerprint density at radius 2 is 1.81 bits per heavy atom. The van der Waals surface area contributed by atoms with Gasteiger partial charge in [0.1, 0.15) is 11.6 Å². The molecule has 31 heavy (non-hydrogen) atoms. The van der Waals surface area contributed by atoms with Crippen LogP contribution in [-0.2, 0) is 13.0 Å². The number of anilines is 1. The SMILES string of the molecule is CCOc1ccc(CN(CCc2ccc(Cl)cc2Cl)C(=O)Nc2ccccc2F)cc1. The van der Waals surface area contributed by atoms with E-state index in [-0.39, 0.29) is 5.69 Å². The van der Waals surface area contributed by atoms with E-state index in [1.165, 1.54) is 12.1 Å². The van der Waals surface area contributed by atoms with Gasteiger partial charge < -0.3 is 15.0 Å². The van der Waals surface area contributed by atoms with Gasteiger partial charge >= 0.3 is 6.03 Å². The number of nitrogens with one attached hydrogen (secondary N) is 1. The number of para-hydroxylation sites is 1. The number of carbonyl (C=O) groups excluding carboxylic acids is 1. The fraction of sp³-hybridized carbons (Fsp3) is 0.208. The summed E-state index contributed by atoms with van der Waals surface area (Å²) in [6.45, 7) is 3.23. The van der Waals surface area contributed by atoms with Crippen molar-refractivity contribution in [3.63, 3.8) is 0 Å². The lowest BCUT2D eigenvalue weighted by molar-refractivity contribution is 0.209. The molecular weight excluding hydrogens is 438 g/mol. The summed E-state index contributed by atoms with van der Waals surface area (Å²) in [6, 6.07) is 18.5. The van der Waals surface area contributed by atoms with Gasteiger partial charge in [0.2, 0.25) is 0 Å². The molecule has 0 aliphatic rings. The number of amides is 2. The second kappa shape index (κ2) is 11.0. The highest BCUT2D eigenvalue weighted by Crippen LogP contribution is 2.22. The number of ether oxygens (including phenoxy) is 1. The van der Waals surface area contributed by atoms with Gasteiger partial charge in [-0.2, -0.15) is 0 Å². The maximum Gasteiger partial charge on any atom is 0.322 e. The van der Waals surface area contributed by atoms with E-state index in [4.69, 9.17) is 27.9 Å². The van der Waals surface area contributed by atoms with Crippen molar-refractivity contribution in [1.29, 1.82) is 0 Å². The van der Waals surface area contributed by atoms with E-state index in [2.05, 4.69) is 5.32 Å². The molecule has 3 rings (SSSR count). The summed E-state index contributed by atoms with van der Waals surface area (Å²) in [4.78, 5) is 14.6. The molecule has 2 amide bonds. The maximum atomic E-state index is 14.0. The molecule has 0 bridgehead atoms. The molecule has 0 unspecified atom stereocenters. The molecule has 0 atom stereocenters. The zero-order chi connectivity index (χ0) is 22.2. The second-order valence-corrected chi connectivity index (χ2v) is 7.74. The number of hydrogen-bond acceptors (Lipinski definition) is 2. The van der Waals surface area contributed by atoms with Crippen LogP contribution in [0.5, 0.6) is 5.75 Å². The maximum absolute atomic E-state index is 14.0. The summed E-state index contributed by atoms with van der Waals surface area (Å²) in [7, 11) is 0. The zero-order valence-electron chi connectivity index (χ0n) is 17.1. The minimum atomic E-state index is -0.488. The van der Waals surface area contributed by atoms with Crippen molar-refractivity contribution in [3.05, 3.63) is 93.7 Å². The van der Waals surface area contributed by atoms with Gasteiger partial charge in [0, 0.05) is 23.1 Å². The number of halogens is 3. The normalized spacial score (nSPS) is 10.6. The predicted octanol–water partition coefficient (Wildman–Crippen LogP) is 6.81. The van der Waals surface area contributed by atoms with Crippen molar-refractivity contribution in [2.24, 2.45) is 0 Å². The molecule has 3 aromatic carbocycles. The molecule has 0 radical (unpaired) electrons. The van der Waals surface area contributed by atoms with Crippen LogP contribution < -0.4 is 10.1 Å². The van der Waals surface area contributed by atoms with Crippen molar-refractivity contribution in [2.45, 2.75) is 19.9 Å². The lowest BCUT2D eigenvalue weighted by Crippen LogP contribution is -2.36. The molecule has 1 N–H and O–H groups in total. The van der Waals surface area contributed by atoms with E-state index >= 15 is 0 Å². The van der Waals surface area contributed by atoms with Gasteiger partial charge in [0.25, 0.3) is 0 Å². The molecule has 162 valence electrons. The Morgan fingerprint density at radius 3 is 2.48 bits per heavy atom. The first kappa shape index (κ1) is 22.9. The summed E-state index contributed by atoms with van der Waals surface area (Å²) in [6.07, 6.45) is 0.526. The highest BCUT2D eigenvalue weighted by atomic mass is 35.5. The number of benzene rings is 3. The molecule has 4 nitrogen and oxygen atoms in total. The molecule has 0 saturated heterocycles. The molecule has 0 spiro atoms. The molecule has 0 saturated carbocycles. The van der Waals surface area contributed by atoms with Crippen LogP contribution >= 0.6 is 23.2 Å². The quantitative estimate of drug-likeness (QED) is 0.401. The summed E-state index contributed by atoms with van der Waals surface area (Å²) in [5.41, 5.74) is 1.93. The first-order chi connectivity index (χ1) is 15.0. The lowest BCUT2D eigenvalue weighted by Gasteiger charge is -2.24. The Labute approximate surface area is 191 Å². The Bertz CT molecular complexity index is 1030. The monoisotopic (exact) mass is 460 g/mol. The van der Waals surface area contributed by atoms with Crippen LogP contribution in [0.25, 0.3) is 0 Å². The zero-order valence-corrected chi connectivity index (χ0v) is 18.6. The Hall–Kier alpha value is -2.76. The van der Waals surface area contributed by atoms with Crippen molar-refractivity contribution in [2.75, 3.05) is 18.5 Å². The van der Waals surface area contributed by atoms with Gasteiger partial charge in [-0.3, -0.25) is 0 Å². The Morgan fingerprint density at radius 1 is 1.06 bits per heavy atom. The number of rotatable bonds is 8. The molecule has 0 heterocycles. The summed E-state index contributed by atoms with van der Waals surface area (Å²) in [5.74, 6) is 0.277. The third-order valence-electron chi connectivity index (χ3n) is 4.68. The van der Waals surface area contributed by atoms with Gasteiger partial charge in [-0.1, -0.05) is 53.5 Å². The minimum Gasteiger partial charge on any atom is -0.494 e. The van der Waals surface area contributed by atoms with E-state index in [9.17, 15) is 9.18 Å². The topological polar surface area (TPSA) is 41.6 Å². The molecule has 0 aliphatic heterocycles. The van der Waals surface area contributed by atoms with E-state index in [1.807, 2.05) is 37.3 Å².